The maximum Gasteiger partial charge on any atom is 0.319 e. The minimum Gasteiger partial charge on any atom is -0.399 e. The van der Waals surface area contributed by atoms with Crippen molar-refractivity contribution in [3.63, 3.8) is 0 Å². The van der Waals surface area contributed by atoms with Gasteiger partial charge in [-0.2, -0.15) is 8.42 Å². The summed E-state index contributed by atoms with van der Waals surface area (Å²) < 4.78 is 29.2. The number of hydrogen-bond donors (Lipinski definition) is 2. The Labute approximate surface area is 86.7 Å². The van der Waals surface area contributed by atoms with Crippen LogP contribution in [0.4, 0.5) is 5.69 Å². The van der Waals surface area contributed by atoms with Crippen LogP contribution in [0.2, 0.25) is 0 Å². The zero-order valence-corrected chi connectivity index (χ0v) is 9.01. The average molecular weight is 233 g/mol. The molecule has 0 unspecified atom stereocenters. The molecule has 0 aliphatic rings. The largest absolute Gasteiger partial charge is 0.399 e. The summed E-state index contributed by atoms with van der Waals surface area (Å²) in [6.07, 6.45) is 0.565. The topological polar surface area (TPSA) is 80.4 Å². The van der Waals surface area contributed by atoms with Crippen molar-refractivity contribution in [3.05, 3.63) is 29.8 Å². The molecule has 0 aliphatic heterocycles. The molecule has 1 aromatic rings. The molecule has 0 radical (unpaired) electrons. The molecule has 0 saturated heterocycles. The number of anilines is 1. The first-order valence-corrected chi connectivity index (χ1v) is 6.88. The number of hydrogen-bond acceptors (Lipinski definition) is 4. The van der Waals surface area contributed by atoms with Gasteiger partial charge in [-0.05, 0) is 34.9 Å². The zero-order valence-electron chi connectivity index (χ0n) is 7.38. The number of benzene rings is 1. The van der Waals surface area contributed by atoms with Crippen LogP contribution in [0, 0.1) is 0 Å². The molecular formula is C8H11NO3S2. The van der Waals surface area contributed by atoms with Gasteiger partial charge in [0.1, 0.15) is 0 Å². The maximum absolute atomic E-state index is 10.4. The predicted molar refractivity (Wildman–Crippen MR) is 58.6 cm³/mol. The van der Waals surface area contributed by atoms with E-state index in [9.17, 15) is 8.42 Å². The summed E-state index contributed by atoms with van der Waals surface area (Å²) in [6, 6.07) is 7.22. The first kappa shape index (κ1) is 11.4. The Hall–Kier alpha value is -0.720. The zero-order chi connectivity index (χ0) is 10.6. The van der Waals surface area contributed by atoms with Gasteiger partial charge in [0.2, 0.25) is 0 Å². The van der Waals surface area contributed by atoms with Crippen molar-refractivity contribution >= 4 is 25.6 Å². The highest BCUT2D eigenvalue weighted by Gasteiger charge is 2.04. The van der Waals surface area contributed by atoms with E-state index in [2.05, 4.69) is 0 Å². The molecule has 0 bridgehead atoms. The molecule has 0 fully saturated rings. The maximum atomic E-state index is 10.4. The summed E-state index contributed by atoms with van der Waals surface area (Å²) in [4.78, 5) is 0. The van der Waals surface area contributed by atoms with Crippen LogP contribution < -0.4 is 5.73 Å². The van der Waals surface area contributed by atoms with Crippen molar-refractivity contribution in [1.82, 2.24) is 0 Å². The molecule has 1 rings (SSSR count). The third-order valence-electron chi connectivity index (χ3n) is 1.57. The molecule has 0 saturated carbocycles. The van der Waals surface area contributed by atoms with Crippen molar-refractivity contribution in [3.8, 4) is 0 Å². The second kappa shape index (κ2) is 4.68. The molecule has 1 aromatic carbocycles. The molecular weight excluding hydrogens is 222 g/mol. The van der Waals surface area contributed by atoms with E-state index in [1.165, 1.54) is 0 Å². The van der Waals surface area contributed by atoms with Gasteiger partial charge < -0.3 is 5.73 Å². The van der Waals surface area contributed by atoms with E-state index in [0.29, 0.717) is 28.7 Å². The van der Waals surface area contributed by atoms with Crippen LogP contribution in [0.5, 0.6) is 0 Å². The van der Waals surface area contributed by atoms with E-state index in [1.807, 2.05) is 12.1 Å². The summed E-state index contributed by atoms with van der Waals surface area (Å²) in [7, 11) is -3.40. The van der Waals surface area contributed by atoms with Gasteiger partial charge in [-0.3, -0.25) is 4.55 Å². The Balaban J connectivity index is 2.47. The fourth-order valence-corrected chi connectivity index (χ4v) is 2.42. The summed E-state index contributed by atoms with van der Waals surface area (Å²) in [5.74, 6) is 0.322. The standard InChI is InChI=1S/C8H11NO3S2/c9-8-3-1-2-7(6-8)4-5-13-14(10,11)12/h1-3,6H,4-5,9H2,(H,10,11,12). The smallest absolute Gasteiger partial charge is 0.319 e. The van der Waals surface area contributed by atoms with Crippen LogP contribution in [-0.4, -0.2) is 18.7 Å². The highest BCUT2D eigenvalue weighted by Crippen LogP contribution is 2.13. The lowest BCUT2D eigenvalue weighted by molar-refractivity contribution is 0.503. The van der Waals surface area contributed by atoms with E-state index in [4.69, 9.17) is 10.3 Å². The van der Waals surface area contributed by atoms with E-state index < -0.39 is 9.15 Å². The van der Waals surface area contributed by atoms with Crippen molar-refractivity contribution in [2.45, 2.75) is 6.42 Å². The normalized spacial score (nSPS) is 11.5. The molecule has 0 aromatic heterocycles. The van der Waals surface area contributed by atoms with Crippen LogP contribution in [0.3, 0.4) is 0 Å². The summed E-state index contributed by atoms with van der Waals surface area (Å²) >= 11 is 0. The minimum atomic E-state index is -3.92. The minimum absolute atomic E-state index is 0.322. The Morgan fingerprint density at radius 1 is 1.43 bits per heavy atom. The Morgan fingerprint density at radius 2 is 2.14 bits per heavy atom. The van der Waals surface area contributed by atoms with Crippen molar-refractivity contribution < 1.29 is 13.0 Å². The molecule has 0 aliphatic carbocycles. The highest BCUT2D eigenvalue weighted by atomic mass is 33.1. The second-order valence-corrected chi connectivity index (χ2v) is 6.21. The second-order valence-electron chi connectivity index (χ2n) is 2.74. The third-order valence-corrected chi connectivity index (χ3v) is 3.64. The van der Waals surface area contributed by atoms with E-state index in [-0.39, 0.29) is 0 Å². The van der Waals surface area contributed by atoms with Crippen molar-refractivity contribution in [2.75, 3.05) is 11.5 Å². The van der Waals surface area contributed by atoms with Gasteiger partial charge in [0, 0.05) is 11.4 Å². The molecule has 0 spiro atoms. The molecule has 4 nitrogen and oxygen atoms in total. The molecule has 3 N–H and O–H groups in total. The van der Waals surface area contributed by atoms with Gasteiger partial charge >= 0.3 is 9.15 Å². The Kier molecular flexibility index (Phi) is 3.79. The molecule has 14 heavy (non-hydrogen) atoms. The van der Waals surface area contributed by atoms with Gasteiger partial charge in [0.25, 0.3) is 0 Å². The number of nitrogen functional groups attached to an aromatic ring is 1. The monoisotopic (exact) mass is 233 g/mol. The van der Waals surface area contributed by atoms with Crippen LogP contribution in [0.15, 0.2) is 24.3 Å². The molecule has 78 valence electrons. The Morgan fingerprint density at radius 3 is 2.71 bits per heavy atom. The summed E-state index contributed by atoms with van der Waals surface area (Å²) in [5.41, 5.74) is 7.15. The molecule has 0 heterocycles. The fraction of sp³-hybridized carbons (Fsp3) is 0.250. The fourth-order valence-electron chi connectivity index (χ4n) is 1.01. The number of aryl methyl sites for hydroxylation is 1. The molecule has 0 atom stereocenters. The summed E-state index contributed by atoms with van der Waals surface area (Å²) in [5, 5.41) is 0. The highest BCUT2D eigenvalue weighted by molar-refractivity contribution is 8.69. The number of nitrogens with two attached hydrogens (primary N) is 1. The molecule has 6 heteroatoms. The van der Waals surface area contributed by atoms with Gasteiger partial charge in [0.05, 0.1) is 0 Å². The average Bonchev–Trinajstić information content (AvgIpc) is 2.01. The van der Waals surface area contributed by atoms with E-state index in [1.54, 1.807) is 12.1 Å². The first-order chi connectivity index (χ1) is 6.47. The van der Waals surface area contributed by atoms with Crippen LogP contribution in [-0.2, 0) is 15.6 Å². The van der Waals surface area contributed by atoms with Gasteiger partial charge in [-0.15, -0.1) is 0 Å². The van der Waals surface area contributed by atoms with Gasteiger partial charge in [-0.25, -0.2) is 0 Å². The van der Waals surface area contributed by atoms with E-state index in [0.717, 1.165) is 5.56 Å². The van der Waals surface area contributed by atoms with Gasteiger partial charge in [0.15, 0.2) is 0 Å². The lowest BCUT2D eigenvalue weighted by Crippen LogP contribution is -1.96. The quantitative estimate of drug-likeness (QED) is 0.466. The first-order valence-electron chi connectivity index (χ1n) is 3.93. The Bertz CT molecular complexity index is 403. The van der Waals surface area contributed by atoms with Crippen LogP contribution >= 0.6 is 10.8 Å². The SMILES string of the molecule is Nc1cccc(CCSS(=O)(=O)O)c1. The van der Waals surface area contributed by atoms with Gasteiger partial charge in [-0.1, -0.05) is 12.1 Å². The van der Waals surface area contributed by atoms with E-state index >= 15 is 0 Å². The molecule has 0 amide bonds. The predicted octanol–water partition coefficient (Wildman–Crippen LogP) is 1.35. The lowest BCUT2D eigenvalue weighted by Gasteiger charge is -2.00. The van der Waals surface area contributed by atoms with Crippen LogP contribution in [0.25, 0.3) is 0 Å². The van der Waals surface area contributed by atoms with Crippen molar-refractivity contribution in [1.29, 1.82) is 0 Å². The summed E-state index contributed by atoms with van der Waals surface area (Å²) in [6.45, 7) is 0. The van der Waals surface area contributed by atoms with Crippen molar-refractivity contribution in [2.24, 2.45) is 0 Å². The lowest BCUT2D eigenvalue weighted by atomic mass is 10.1. The third kappa shape index (κ3) is 4.50. The number of rotatable bonds is 4. The van der Waals surface area contributed by atoms with Crippen LogP contribution in [0.1, 0.15) is 5.56 Å².